The van der Waals surface area contributed by atoms with Crippen molar-refractivity contribution in [3.05, 3.63) is 33.2 Å². The number of hydrogen-bond acceptors (Lipinski definition) is 9. The standard InChI is InChI=1S/C22H25N5O5S/c1-10-14(21(29)31-22(2,3)4)16(26-25-10)18(28)24-20-15(12-7-8-30-9-13(12)33-20)19-23-17(27-32-19)11-5-6-11/h11H,5-9H2,1-4H3,(H,24,28)(H,25,26). The number of amides is 1. The summed E-state index contributed by atoms with van der Waals surface area (Å²) in [5.74, 6) is 0.301. The number of nitrogens with zero attached hydrogens (tertiary/aromatic N) is 3. The van der Waals surface area contributed by atoms with E-state index < -0.39 is 17.5 Å². The molecule has 0 unspecified atom stereocenters. The highest BCUT2D eigenvalue weighted by molar-refractivity contribution is 7.17. The average molecular weight is 472 g/mol. The van der Waals surface area contributed by atoms with Gasteiger partial charge in [0.15, 0.2) is 11.5 Å². The van der Waals surface area contributed by atoms with Crippen molar-refractivity contribution in [1.82, 2.24) is 20.3 Å². The monoisotopic (exact) mass is 471 g/mol. The summed E-state index contributed by atoms with van der Waals surface area (Å²) in [5, 5.41) is 14.4. The molecule has 0 atom stereocenters. The Bertz CT molecular complexity index is 1230. The molecule has 5 rings (SSSR count). The molecule has 1 fully saturated rings. The second-order valence-corrected chi connectivity index (χ2v) is 10.4. The predicted molar refractivity (Wildman–Crippen MR) is 119 cm³/mol. The van der Waals surface area contributed by atoms with Gasteiger partial charge in [0, 0.05) is 16.5 Å². The van der Waals surface area contributed by atoms with Crippen LogP contribution in [0.2, 0.25) is 0 Å². The number of H-pyrrole nitrogens is 1. The zero-order valence-corrected chi connectivity index (χ0v) is 19.7. The molecule has 0 aromatic carbocycles. The summed E-state index contributed by atoms with van der Waals surface area (Å²) in [7, 11) is 0. The number of aromatic nitrogens is 4. The minimum Gasteiger partial charge on any atom is -0.456 e. The molecule has 3 aromatic heterocycles. The summed E-state index contributed by atoms with van der Waals surface area (Å²) in [4.78, 5) is 31.6. The molecule has 2 N–H and O–H groups in total. The molecule has 3 aromatic rings. The minimum absolute atomic E-state index is 0.0282. The van der Waals surface area contributed by atoms with Crippen LogP contribution in [0.15, 0.2) is 4.52 Å². The lowest BCUT2D eigenvalue weighted by Crippen LogP contribution is -2.26. The third-order valence-corrected chi connectivity index (χ3v) is 6.53. The number of aromatic amines is 1. The number of aryl methyl sites for hydroxylation is 1. The first-order valence-corrected chi connectivity index (χ1v) is 11.7. The first kappa shape index (κ1) is 21.8. The van der Waals surface area contributed by atoms with Crippen molar-refractivity contribution in [1.29, 1.82) is 0 Å². The summed E-state index contributed by atoms with van der Waals surface area (Å²) >= 11 is 1.41. The Morgan fingerprint density at radius 2 is 2.06 bits per heavy atom. The number of ether oxygens (including phenoxy) is 2. The van der Waals surface area contributed by atoms with E-state index in [1.807, 2.05) is 0 Å². The van der Waals surface area contributed by atoms with Crippen LogP contribution in [0, 0.1) is 6.92 Å². The minimum atomic E-state index is -0.703. The number of esters is 1. The van der Waals surface area contributed by atoms with Crippen LogP contribution < -0.4 is 5.32 Å². The van der Waals surface area contributed by atoms with E-state index in [1.54, 1.807) is 27.7 Å². The Hall–Kier alpha value is -3.05. The number of anilines is 1. The van der Waals surface area contributed by atoms with E-state index in [2.05, 4.69) is 25.7 Å². The number of carbonyl (C=O) groups excluding carboxylic acids is 2. The molecule has 0 saturated heterocycles. The molecule has 174 valence electrons. The lowest BCUT2D eigenvalue weighted by molar-refractivity contribution is 0.00671. The highest BCUT2D eigenvalue weighted by atomic mass is 32.1. The van der Waals surface area contributed by atoms with Gasteiger partial charge in [-0.05, 0) is 52.5 Å². The van der Waals surface area contributed by atoms with Crippen LogP contribution in [-0.2, 0) is 22.5 Å². The summed E-state index contributed by atoms with van der Waals surface area (Å²) in [5.41, 5.74) is 1.60. The molecule has 0 bridgehead atoms. The van der Waals surface area contributed by atoms with Crippen molar-refractivity contribution >= 4 is 28.2 Å². The van der Waals surface area contributed by atoms with Gasteiger partial charge in [-0.1, -0.05) is 5.16 Å². The molecule has 10 nitrogen and oxygen atoms in total. The van der Waals surface area contributed by atoms with Gasteiger partial charge >= 0.3 is 5.97 Å². The molecule has 4 heterocycles. The molecule has 1 aliphatic carbocycles. The van der Waals surface area contributed by atoms with E-state index in [0.29, 0.717) is 48.0 Å². The van der Waals surface area contributed by atoms with Gasteiger partial charge < -0.3 is 19.3 Å². The Morgan fingerprint density at radius 3 is 2.79 bits per heavy atom. The van der Waals surface area contributed by atoms with Gasteiger partial charge in [-0.25, -0.2) is 4.79 Å². The molecule has 1 aliphatic heterocycles. The van der Waals surface area contributed by atoms with Gasteiger partial charge in [-0.15, -0.1) is 11.3 Å². The fourth-order valence-corrected chi connectivity index (χ4v) is 4.90. The molecule has 0 spiro atoms. The molecular formula is C22H25N5O5S. The zero-order valence-electron chi connectivity index (χ0n) is 18.9. The number of rotatable bonds is 5. The maximum atomic E-state index is 13.2. The van der Waals surface area contributed by atoms with Crippen LogP contribution in [0.5, 0.6) is 0 Å². The summed E-state index contributed by atoms with van der Waals surface area (Å²) in [6.45, 7) is 8.01. The van der Waals surface area contributed by atoms with Crippen LogP contribution in [0.1, 0.15) is 82.3 Å². The molecular weight excluding hydrogens is 446 g/mol. The summed E-state index contributed by atoms with van der Waals surface area (Å²) in [6.07, 6.45) is 2.80. The normalized spacial score (nSPS) is 15.9. The van der Waals surface area contributed by atoms with Gasteiger partial charge in [0.2, 0.25) is 0 Å². The topological polar surface area (TPSA) is 132 Å². The van der Waals surface area contributed by atoms with Crippen molar-refractivity contribution in [2.45, 2.75) is 65.1 Å². The number of nitrogens with one attached hydrogen (secondary N) is 2. The van der Waals surface area contributed by atoms with Crippen molar-refractivity contribution in [2.75, 3.05) is 11.9 Å². The number of hydrogen-bond donors (Lipinski definition) is 2. The van der Waals surface area contributed by atoms with Crippen LogP contribution in [0.4, 0.5) is 5.00 Å². The van der Waals surface area contributed by atoms with Crippen molar-refractivity contribution in [3.63, 3.8) is 0 Å². The van der Waals surface area contributed by atoms with Crippen LogP contribution in [0.25, 0.3) is 11.5 Å². The quantitative estimate of drug-likeness (QED) is 0.534. The Kier molecular flexibility index (Phi) is 5.32. The summed E-state index contributed by atoms with van der Waals surface area (Å²) < 4.78 is 16.6. The van der Waals surface area contributed by atoms with Crippen molar-refractivity contribution in [2.24, 2.45) is 0 Å². The third-order valence-electron chi connectivity index (χ3n) is 5.41. The first-order chi connectivity index (χ1) is 15.7. The Balaban J connectivity index is 1.48. The van der Waals surface area contributed by atoms with Gasteiger partial charge in [0.05, 0.1) is 18.8 Å². The van der Waals surface area contributed by atoms with Crippen LogP contribution in [0.3, 0.4) is 0 Å². The second kappa shape index (κ2) is 8.07. The molecule has 33 heavy (non-hydrogen) atoms. The molecule has 1 amide bonds. The number of fused-ring (bicyclic) bond motifs is 1. The molecule has 1 saturated carbocycles. The fourth-order valence-electron chi connectivity index (χ4n) is 3.73. The van der Waals surface area contributed by atoms with Gasteiger partial charge in [0.1, 0.15) is 16.2 Å². The van der Waals surface area contributed by atoms with E-state index in [9.17, 15) is 9.59 Å². The molecule has 0 radical (unpaired) electrons. The van der Waals surface area contributed by atoms with Gasteiger partial charge in [-0.2, -0.15) is 10.1 Å². The highest BCUT2D eigenvalue weighted by Crippen LogP contribution is 2.44. The largest absolute Gasteiger partial charge is 0.456 e. The highest BCUT2D eigenvalue weighted by Gasteiger charge is 2.33. The van der Waals surface area contributed by atoms with Crippen LogP contribution >= 0.6 is 11.3 Å². The first-order valence-electron chi connectivity index (χ1n) is 10.9. The van der Waals surface area contributed by atoms with E-state index in [0.717, 1.165) is 28.8 Å². The van der Waals surface area contributed by atoms with Gasteiger partial charge in [-0.3, -0.25) is 9.89 Å². The smallest absolute Gasteiger partial charge is 0.342 e. The zero-order chi connectivity index (χ0) is 23.3. The number of carbonyl (C=O) groups is 2. The van der Waals surface area contributed by atoms with Crippen molar-refractivity contribution in [3.8, 4) is 11.5 Å². The average Bonchev–Trinajstić information content (AvgIpc) is 3.17. The predicted octanol–water partition coefficient (Wildman–Crippen LogP) is 3.99. The van der Waals surface area contributed by atoms with Crippen molar-refractivity contribution < 1.29 is 23.6 Å². The number of thiophene rings is 1. The SMILES string of the molecule is Cc1[nH]nc(C(=O)Nc2sc3c(c2-c2nc(C4CC4)no2)CCOC3)c1C(=O)OC(C)(C)C. The van der Waals surface area contributed by atoms with E-state index >= 15 is 0 Å². The van der Waals surface area contributed by atoms with Gasteiger partial charge in [0.25, 0.3) is 11.8 Å². The maximum Gasteiger partial charge on any atom is 0.342 e. The van der Waals surface area contributed by atoms with E-state index in [4.69, 9.17) is 14.0 Å². The Morgan fingerprint density at radius 1 is 1.27 bits per heavy atom. The Labute approximate surface area is 194 Å². The summed E-state index contributed by atoms with van der Waals surface area (Å²) in [6, 6.07) is 0. The maximum absolute atomic E-state index is 13.2. The molecule has 2 aliphatic rings. The van der Waals surface area contributed by atoms with Crippen LogP contribution in [-0.4, -0.2) is 44.4 Å². The van der Waals surface area contributed by atoms with E-state index in [-0.39, 0.29) is 11.3 Å². The fraction of sp³-hybridized carbons (Fsp3) is 0.500. The second-order valence-electron chi connectivity index (χ2n) is 9.27. The third kappa shape index (κ3) is 4.30. The lowest BCUT2D eigenvalue weighted by Gasteiger charge is -2.19. The van der Waals surface area contributed by atoms with E-state index in [1.165, 1.54) is 11.3 Å². The lowest BCUT2D eigenvalue weighted by atomic mass is 10.1. The molecule has 11 heteroatoms.